The van der Waals surface area contributed by atoms with Crippen molar-refractivity contribution in [3.05, 3.63) is 129 Å². The first kappa shape index (κ1) is 43.2. The summed E-state index contributed by atoms with van der Waals surface area (Å²) in [4.78, 5) is 0. The molecule has 0 bridgehead atoms. The van der Waals surface area contributed by atoms with Gasteiger partial charge in [0.05, 0.1) is 0 Å². The van der Waals surface area contributed by atoms with Gasteiger partial charge in [-0.15, -0.1) is 0 Å². The van der Waals surface area contributed by atoms with Gasteiger partial charge in [0.1, 0.15) is 8.07 Å². The summed E-state index contributed by atoms with van der Waals surface area (Å²) in [6.07, 6.45) is 28.2. The normalized spacial score (nSPS) is 13.9. The molecular weight excluding hydrogens is 701 g/mol. The number of rotatable bonds is 24. The molecule has 57 heavy (non-hydrogen) atoms. The van der Waals surface area contributed by atoms with Crippen LogP contribution in [0, 0.1) is 0 Å². The van der Waals surface area contributed by atoms with Crippen molar-refractivity contribution in [1.29, 1.82) is 0 Å². The van der Waals surface area contributed by atoms with Crippen molar-refractivity contribution in [2.75, 3.05) is 0 Å². The van der Waals surface area contributed by atoms with E-state index in [1.165, 1.54) is 162 Å². The zero-order valence-corrected chi connectivity index (χ0v) is 38.1. The summed E-state index contributed by atoms with van der Waals surface area (Å²) >= 11 is 0. The minimum Gasteiger partial charge on any atom is -0.0655 e. The van der Waals surface area contributed by atoms with Gasteiger partial charge in [-0.1, -0.05) is 214 Å². The van der Waals surface area contributed by atoms with Crippen molar-refractivity contribution < 1.29 is 0 Å². The SMILES string of the molecule is CCCCCCC1=C([Si](C)(C)C2=C(CCCCCC)Cc3cccc(-c4ccc(CCCCCC)cc4)c32)c2c(cccc2-c2ccc(CCCCCC)cc2)C1. The third kappa shape index (κ3) is 10.6. The molecule has 0 aromatic heterocycles. The van der Waals surface area contributed by atoms with Crippen LogP contribution < -0.4 is 0 Å². The number of fused-ring (bicyclic) bond motifs is 2. The monoisotopic (exact) mass is 777 g/mol. The molecule has 2 aliphatic rings. The first-order chi connectivity index (χ1) is 27.9. The topological polar surface area (TPSA) is 0 Å². The van der Waals surface area contributed by atoms with Crippen LogP contribution in [0.4, 0.5) is 0 Å². The highest BCUT2D eigenvalue weighted by Gasteiger charge is 2.43. The molecule has 0 N–H and O–H groups in total. The highest BCUT2D eigenvalue weighted by molar-refractivity contribution is 7.09. The molecule has 4 aromatic carbocycles. The molecular formula is C56H76Si. The first-order valence-corrected chi connectivity index (χ1v) is 26.8. The van der Waals surface area contributed by atoms with Crippen molar-refractivity contribution in [2.24, 2.45) is 0 Å². The molecule has 0 heterocycles. The maximum atomic E-state index is 2.76. The van der Waals surface area contributed by atoms with Gasteiger partial charge in [-0.25, -0.2) is 0 Å². The number of unbranched alkanes of at least 4 members (excludes halogenated alkanes) is 12. The maximum absolute atomic E-state index is 2.76. The number of hydrogen-bond acceptors (Lipinski definition) is 0. The van der Waals surface area contributed by atoms with Crippen LogP contribution in [0.25, 0.3) is 32.6 Å². The van der Waals surface area contributed by atoms with Crippen LogP contribution in [0.1, 0.15) is 177 Å². The highest BCUT2D eigenvalue weighted by atomic mass is 28.3. The Morgan fingerprint density at radius 3 is 1.09 bits per heavy atom. The predicted molar refractivity (Wildman–Crippen MR) is 256 cm³/mol. The Kier molecular flexibility index (Phi) is 16.3. The molecule has 0 spiro atoms. The van der Waals surface area contributed by atoms with Crippen LogP contribution in [0.3, 0.4) is 0 Å². The van der Waals surface area contributed by atoms with E-state index in [1.807, 2.05) is 0 Å². The largest absolute Gasteiger partial charge is 0.113 e. The standard InChI is InChI=1S/C56H76Si/c1-7-11-15-19-25-43-33-37-45(38-34-43)51-31-23-29-47-41-49(27-21-17-13-9-3)55(53(47)51)57(5,6)56-50(28-22-18-14-10-4)42-48-30-24-32-52(54(48)56)46-39-35-44(36-40-46)26-20-16-12-8-2/h23-24,29-40H,7-22,25-28,41-42H2,1-6H3. The molecule has 0 nitrogen and oxygen atoms in total. The van der Waals surface area contributed by atoms with Crippen LogP contribution in [-0.2, 0) is 25.7 Å². The second kappa shape index (κ2) is 21.5. The van der Waals surface area contributed by atoms with Gasteiger partial charge in [0.2, 0.25) is 0 Å². The van der Waals surface area contributed by atoms with Gasteiger partial charge in [-0.2, -0.15) is 0 Å². The zero-order valence-electron chi connectivity index (χ0n) is 37.1. The van der Waals surface area contributed by atoms with E-state index in [2.05, 4.69) is 126 Å². The summed E-state index contributed by atoms with van der Waals surface area (Å²) in [5.41, 5.74) is 18.6. The van der Waals surface area contributed by atoms with Gasteiger partial charge in [-0.3, -0.25) is 0 Å². The molecule has 0 amide bonds. The smallest absolute Gasteiger partial charge is 0.0655 e. The van der Waals surface area contributed by atoms with E-state index in [-0.39, 0.29) is 0 Å². The number of allylic oxidation sites excluding steroid dienone is 2. The van der Waals surface area contributed by atoms with Gasteiger partial charge in [0.25, 0.3) is 0 Å². The summed E-state index contributed by atoms with van der Waals surface area (Å²) in [5.74, 6) is 0. The molecule has 0 atom stereocenters. The van der Waals surface area contributed by atoms with Crippen LogP contribution in [0.5, 0.6) is 0 Å². The van der Waals surface area contributed by atoms with E-state index in [0.717, 1.165) is 12.8 Å². The van der Waals surface area contributed by atoms with Crippen molar-refractivity contribution in [2.45, 2.75) is 182 Å². The second-order valence-electron chi connectivity index (χ2n) is 18.3. The van der Waals surface area contributed by atoms with Crippen LogP contribution in [0.2, 0.25) is 13.1 Å². The number of hydrogen-bond donors (Lipinski definition) is 0. The Bertz CT molecular complexity index is 1790. The highest BCUT2D eigenvalue weighted by Crippen LogP contribution is 2.54. The summed E-state index contributed by atoms with van der Waals surface area (Å²) in [7, 11) is -2.25. The molecule has 1 heteroatoms. The molecule has 0 fully saturated rings. The molecule has 0 radical (unpaired) electrons. The quantitative estimate of drug-likeness (QED) is 0.0491. The second-order valence-corrected chi connectivity index (χ2v) is 22.5. The van der Waals surface area contributed by atoms with Crippen molar-refractivity contribution >= 4 is 18.5 Å². The molecule has 304 valence electrons. The van der Waals surface area contributed by atoms with E-state index in [4.69, 9.17) is 0 Å². The van der Waals surface area contributed by atoms with Crippen molar-refractivity contribution in [3.8, 4) is 22.3 Å². The summed E-state index contributed by atoms with van der Waals surface area (Å²) < 4.78 is 0. The van der Waals surface area contributed by atoms with Crippen LogP contribution >= 0.6 is 0 Å². The van der Waals surface area contributed by atoms with Gasteiger partial charge < -0.3 is 0 Å². The first-order valence-electron chi connectivity index (χ1n) is 23.8. The third-order valence-electron chi connectivity index (χ3n) is 13.4. The van der Waals surface area contributed by atoms with E-state index in [9.17, 15) is 0 Å². The van der Waals surface area contributed by atoms with Crippen LogP contribution in [0.15, 0.2) is 96.1 Å². The average Bonchev–Trinajstić information content (AvgIpc) is 3.81. The molecule has 4 aromatic rings. The Hall–Kier alpha value is -3.42. The lowest BCUT2D eigenvalue weighted by atomic mass is 9.95. The van der Waals surface area contributed by atoms with Crippen molar-refractivity contribution in [1.82, 2.24) is 0 Å². The lowest BCUT2D eigenvalue weighted by Gasteiger charge is -2.33. The fourth-order valence-electron chi connectivity index (χ4n) is 10.4. The van der Waals surface area contributed by atoms with E-state index >= 15 is 0 Å². The molecule has 6 rings (SSSR count). The molecule has 0 aliphatic heterocycles. The summed E-state index contributed by atoms with van der Waals surface area (Å²) in [5, 5.41) is 3.55. The summed E-state index contributed by atoms with van der Waals surface area (Å²) in [6.45, 7) is 14.8. The minimum atomic E-state index is -2.25. The molecule has 0 saturated heterocycles. The van der Waals surface area contributed by atoms with E-state index < -0.39 is 8.07 Å². The van der Waals surface area contributed by atoms with Crippen LogP contribution in [-0.4, -0.2) is 8.07 Å². The number of benzene rings is 4. The van der Waals surface area contributed by atoms with E-state index in [1.54, 1.807) is 43.8 Å². The number of aryl methyl sites for hydroxylation is 2. The molecule has 0 unspecified atom stereocenters. The zero-order chi connectivity index (χ0) is 40.0. The third-order valence-corrected chi connectivity index (χ3v) is 17.1. The maximum Gasteiger partial charge on any atom is 0.113 e. The Morgan fingerprint density at radius 2 is 0.737 bits per heavy atom. The average molecular weight is 777 g/mol. The van der Waals surface area contributed by atoms with E-state index in [0.29, 0.717) is 0 Å². The van der Waals surface area contributed by atoms with Gasteiger partial charge in [0, 0.05) is 0 Å². The Morgan fingerprint density at radius 1 is 0.386 bits per heavy atom. The van der Waals surface area contributed by atoms with Crippen molar-refractivity contribution in [3.63, 3.8) is 0 Å². The predicted octanol–water partition coefficient (Wildman–Crippen LogP) is 17.3. The Balaban J connectivity index is 1.44. The Labute approximate surface area is 350 Å². The minimum absolute atomic E-state index is 1.13. The molecule has 0 saturated carbocycles. The van der Waals surface area contributed by atoms with Gasteiger partial charge in [0.15, 0.2) is 0 Å². The molecule has 2 aliphatic carbocycles. The van der Waals surface area contributed by atoms with Gasteiger partial charge >= 0.3 is 0 Å². The lowest BCUT2D eigenvalue weighted by molar-refractivity contribution is 0.661. The fraction of sp³-hybridized carbons (Fsp3) is 0.500. The lowest BCUT2D eigenvalue weighted by Crippen LogP contribution is -2.32. The van der Waals surface area contributed by atoms with Gasteiger partial charge in [-0.05, 0) is 130 Å². The fourth-order valence-corrected chi connectivity index (χ4v) is 14.6. The summed E-state index contributed by atoms with van der Waals surface area (Å²) in [6, 6.07) is 34.1.